The van der Waals surface area contributed by atoms with E-state index in [4.69, 9.17) is 0 Å². The van der Waals surface area contributed by atoms with Crippen molar-refractivity contribution in [3.63, 3.8) is 0 Å². The average Bonchev–Trinajstić information content (AvgIpc) is 3.11. The van der Waals surface area contributed by atoms with E-state index in [0.717, 1.165) is 34.8 Å². The van der Waals surface area contributed by atoms with Crippen LogP contribution in [0.3, 0.4) is 0 Å². The minimum Gasteiger partial charge on any atom is -0.348 e. The van der Waals surface area contributed by atoms with Crippen LogP contribution < -0.4 is 5.32 Å². The molecule has 3 amide bonds. The summed E-state index contributed by atoms with van der Waals surface area (Å²) in [7, 11) is 0. The second kappa shape index (κ2) is 8.64. The molecule has 1 aromatic carbocycles. The smallest absolute Gasteiger partial charge is 0.325 e. The Kier molecular flexibility index (Phi) is 6.20. The lowest BCUT2D eigenvalue weighted by Gasteiger charge is -2.13. The van der Waals surface area contributed by atoms with Crippen LogP contribution >= 0.6 is 0 Å². The van der Waals surface area contributed by atoms with Crippen LogP contribution in [0.15, 0.2) is 36.4 Å². The second-order valence-corrected chi connectivity index (χ2v) is 8.16. The van der Waals surface area contributed by atoms with Gasteiger partial charge in [0.1, 0.15) is 6.04 Å². The van der Waals surface area contributed by atoms with Crippen molar-refractivity contribution in [3.8, 4) is 0 Å². The molecule has 0 radical (unpaired) electrons. The molecule has 0 aliphatic carbocycles. The highest BCUT2D eigenvalue weighted by atomic mass is 16.2. The minimum atomic E-state index is -0.629. The molecule has 2 aromatic rings. The predicted octanol–water partition coefficient (Wildman–Crippen LogP) is 3.50. The summed E-state index contributed by atoms with van der Waals surface area (Å²) in [6.45, 7) is 8.86. The van der Waals surface area contributed by atoms with Gasteiger partial charge in [-0.2, -0.15) is 0 Å². The van der Waals surface area contributed by atoms with E-state index >= 15 is 0 Å². The van der Waals surface area contributed by atoms with E-state index in [0.29, 0.717) is 17.9 Å². The number of nitrogens with zero attached hydrogens (tertiary/aromatic N) is 2. The molecule has 2 heterocycles. The van der Waals surface area contributed by atoms with E-state index in [1.807, 2.05) is 50.2 Å². The van der Waals surface area contributed by atoms with Crippen LogP contribution in [0.4, 0.5) is 4.79 Å². The van der Waals surface area contributed by atoms with Gasteiger partial charge < -0.3 is 9.88 Å². The van der Waals surface area contributed by atoms with E-state index in [1.165, 1.54) is 0 Å². The van der Waals surface area contributed by atoms with Gasteiger partial charge in [-0.15, -0.1) is 0 Å². The molecule has 0 saturated carbocycles. The van der Waals surface area contributed by atoms with Gasteiger partial charge in [0.15, 0.2) is 5.78 Å². The van der Waals surface area contributed by atoms with Gasteiger partial charge in [0, 0.05) is 29.9 Å². The van der Waals surface area contributed by atoms with Gasteiger partial charge in [-0.1, -0.05) is 44.2 Å². The maximum Gasteiger partial charge on any atom is 0.325 e. The zero-order chi connectivity index (χ0) is 21.1. The summed E-state index contributed by atoms with van der Waals surface area (Å²) in [5.41, 5.74) is 3.46. The molecule has 29 heavy (non-hydrogen) atoms. The van der Waals surface area contributed by atoms with Crippen LogP contribution in [-0.4, -0.2) is 39.8 Å². The Morgan fingerprint density at radius 3 is 2.48 bits per heavy atom. The maximum absolute atomic E-state index is 12.9. The normalized spacial score (nSPS) is 16.6. The number of hydrogen-bond donors (Lipinski definition) is 1. The number of amides is 3. The van der Waals surface area contributed by atoms with Gasteiger partial charge in [-0.05, 0) is 37.8 Å². The number of rotatable bonds is 8. The first kappa shape index (κ1) is 20.8. The summed E-state index contributed by atoms with van der Waals surface area (Å²) in [4.78, 5) is 39.0. The highest BCUT2D eigenvalue weighted by Gasteiger charge is 2.39. The van der Waals surface area contributed by atoms with E-state index in [9.17, 15) is 14.4 Å². The molecule has 1 N–H and O–H groups in total. The molecule has 6 heteroatoms. The van der Waals surface area contributed by atoms with Gasteiger partial charge >= 0.3 is 6.03 Å². The average molecular weight is 396 g/mol. The van der Waals surface area contributed by atoms with E-state index in [-0.39, 0.29) is 18.2 Å². The molecule has 154 valence electrons. The summed E-state index contributed by atoms with van der Waals surface area (Å²) >= 11 is 0. The number of ketones is 1. The fraction of sp³-hybridized carbons (Fsp3) is 0.435. The number of imide groups is 1. The predicted molar refractivity (Wildman–Crippen MR) is 112 cm³/mol. The SMILES string of the molecule is Cc1cc(C(=O)CN2C(=O)NC(Cc3ccccc3)C2=O)c(C)n1CCC(C)C. The first-order chi connectivity index (χ1) is 13.8. The zero-order valence-electron chi connectivity index (χ0n) is 17.6. The molecular formula is C23H29N3O3. The molecule has 0 spiro atoms. The fourth-order valence-electron chi connectivity index (χ4n) is 3.76. The van der Waals surface area contributed by atoms with Gasteiger partial charge in [0.05, 0.1) is 6.54 Å². The molecule has 1 aliphatic rings. The van der Waals surface area contributed by atoms with Crippen LogP contribution in [-0.2, 0) is 17.8 Å². The van der Waals surface area contributed by atoms with Crippen LogP contribution in [0.5, 0.6) is 0 Å². The molecule has 3 rings (SSSR count). The Hall–Kier alpha value is -2.89. The van der Waals surface area contributed by atoms with Crippen molar-refractivity contribution < 1.29 is 14.4 Å². The van der Waals surface area contributed by atoms with Crippen molar-refractivity contribution in [3.05, 3.63) is 58.9 Å². The number of aromatic nitrogens is 1. The zero-order valence-corrected chi connectivity index (χ0v) is 17.6. The van der Waals surface area contributed by atoms with Crippen molar-refractivity contribution in [2.24, 2.45) is 5.92 Å². The van der Waals surface area contributed by atoms with Crippen LogP contribution in [0.2, 0.25) is 0 Å². The topological polar surface area (TPSA) is 71.4 Å². The number of hydrogen-bond acceptors (Lipinski definition) is 3. The molecule has 6 nitrogen and oxygen atoms in total. The summed E-state index contributed by atoms with van der Waals surface area (Å²) in [6, 6.07) is 10.3. The monoisotopic (exact) mass is 395 g/mol. The van der Waals surface area contributed by atoms with Crippen molar-refractivity contribution in [2.75, 3.05) is 6.54 Å². The third kappa shape index (κ3) is 4.58. The van der Waals surface area contributed by atoms with Crippen LogP contribution in [0.25, 0.3) is 0 Å². The van der Waals surface area contributed by atoms with Crippen molar-refractivity contribution in [1.82, 2.24) is 14.8 Å². The Balaban J connectivity index is 1.70. The summed E-state index contributed by atoms with van der Waals surface area (Å²) in [5.74, 6) is 0.0152. The molecule has 0 bridgehead atoms. The molecule has 1 aliphatic heterocycles. The Bertz CT molecular complexity index is 915. The number of carbonyl (C=O) groups is 3. The van der Waals surface area contributed by atoms with Gasteiger partial charge in [-0.3, -0.25) is 14.5 Å². The first-order valence-electron chi connectivity index (χ1n) is 10.1. The standard InChI is InChI=1S/C23H29N3O3/c1-15(2)10-11-25-16(3)12-19(17(25)4)21(27)14-26-22(28)20(24-23(26)29)13-18-8-6-5-7-9-18/h5-9,12,15,20H,10-11,13-14H2,1-4H3,(H,24,29). The van der Waals surface area contributed by atoms with E-state index in [2.05, 4.69) is 23.7 Å². The highest BCUT2D eigenvalue weighted by molar-refractivity contribution is 6.09. The van der Waals surface area contributed by atoms with Gasteiger partial charge in [-0.25, -0.2) is 4.79 Å². The number of carbonyl (C=O) groups excluding carboxylic acids is 3. The largest absolute Gasteiger partial charge is 0.348 e. The molecule has 1 fully saturated rings. The second-order valence-electron chi connectivity index (χ2n) is 8.16. The van der Waals surface area contributed by atoms with E-state index in [1.54, 1.807) is 0 Å². The molecule has 1 saturated heterocycles. The van der Waals surface area contributed by atoms with Gasteiger partial charge in [0.25, 0.3) is 5.91 Å². The highest BCUT2D eigenvalue weighted by Crippen LogP contribution is 2.19. The minimum absolute atomic E-state index is 0.210. The number of benzene rings is 1. The number of aryl methyl sites for hydroxylation is 1. The van der Waals surface area contributed by atoms with Gasteiger partial charge in [0.2, 0.25) is 0 Å². The third-order valence-electron chi connectivity index (χ3n) is 5.50. The fourth-order valence-corrected chi connectivity index (χ4v) is 3.76. The lowest BCUT2D eigenvalue weighted by molar-refractivity contribution is -0.127. The lowest BCUT2D eigenvalue weighted by Crippen LogP contribution is -2.36. The number of Topliss-reactive ketones (excluding diaryl/α,β-unsaturated/α-hetero) is 1. The van der Waals surface area contributed by atoms with Crippen LogP contribution in [0.1, 0.15) is 47.6 Å². The number of urea groups is 1. The lowest BCUT2D eigenvalue weighted by atomic mass is 10.1. The Morgan fingerprint density at radius 1 is 1.14 bits per heavy atom. The van der Waals surface area contributed by atoms with Crippen molar-refractivity contribution >= 4 is 17.7 Å². The molecular weight excluding hydrogens is 366 g/mol. The third-order valence-corrected chi connectivity index (χ3v) is 5.50. The maximum atomic E-state index is 12.9. The molecule has 1 unspecified atom stereocenters. The van der Waals surface area contributed by atoms with Crippen molar-refractivity contribution in [2.45, 2.75) is 53.1 Å². The summed E-state index contributed by atoms with van der Waals surface area (Å²) in [5, 5.41) is 2.70. The quantitative estimate of drug-likeness (QED) is 0.549. The van der Waals surface area contributed by atoms with Crippen LogP contribution in [0, 0.1) is 19.8 Å². The summed E-state index contributed by atoms with van der Waals surface area (Å²) < 4.78 is 2.14. The first-order valence-corrected chi connectivity index (χ1v) is 10.1. The number of nitrogens with one attached hydrogen (secondary N) is 1. The Morgan fingerprint density at radius 2 is 1.83 bits per heavy atom. The molecule has 1 aromatic heterocycles. The molecule has 1 atom stereocenters. The summed E-state index contributed by atoms with van der Waals surface area (Å²) in [6.07, 6.45) is 1.44. The van der Waals surface area contributed by atoms with Crippen molar-refractivity contribution in [1.29, 1.82) is 0 Å². The van der Waals surface area contributed by atoms with E-state index < -0.39 is 12.1 Å². The Labute approximate surface area is 171 Å².